The topological polar surface area (TPSA) is 45.5 Å². The van der Waals surface area contributed by atoms with Gasteiger partial charge in [0.25, 0.3) is 0 Å². The molecule has 0 aromatic carbocycles. The molecule has 1 aromatic heterocycles. The number of aliphatic imine (C=N–C) groups is 1. The molecule has 0 spiro atoms. The van der Waals surface area contributed by atoms with Crippen molar-refractivity contribution in [2.75, 3.05) is 26.7 Å². The number of hydrogen-bond donors (Lipinski definition) is 1. The first kappa shape index (κ1) is 15.9. The molecule has 2 rings (SSSR count). The zero-order chi connectivity index (χ0) is 15.2. The smallest absolute Gasteiger partial charge is 0.193 e. The van der Waals surface area contributed by atoms with Crippen molar-refractivity contribution in [1.82, 2.24) is 20.0 Å². The second-order valence-electron chi connectivity index (χ2n) is 6.48. The van der Waals surface area contributed by atoms with Crippen LogP contribution in [0.3, 0.4) is 0 Å². The highest BCUT2D eigenvalue weighted by molar-refractivity contribution is 5.80. The minimum absolute atomic E-state index is 0.788. The van der Waals surface area contributed by atoms with Gasteiger partial charge in [0.1, 0.15) is 0 Å². The van der Waals surface area contributed by atoms with Crippen molar-refractivity contribution >= 4 is 5.96 Å². The maximum absolute atomic E-state index is 4.43. The lowest BCUT2D eigenvalue weighted by Crippen LogP contribution is -2.40. The van der Waals surface area contributed by atoms with E-state index in [0.717, 1.165) is 43.9 Å². The lowest BCUT2D eigenvalue weighted by atomic mass is 9.97. The number of rotatable bonds is 5. The summed E-state index contributed by atoms with van der Waals surface area (Å²) >= 11 is 0. The zero-order valence-corrected chi connectivity index (χ0v) is 13.8. The molecular weight excluding hydrogens is 262 g/mol. The number of nitrogens with zero attached hydrogens (tertiary/aromatic N) is 4. The van der Waals surface area contributed by atoms with Crippen molar-refractivity contribution < 1.29 is 0 Å². The minimum Gasteiger partial charge on any atom is -0.356 e. The van der Waals surface area contributed by atoms with Gasteiger partial charge in [0.05, 0.1) is 6.20 Å². The third-order valence-electron chi connectivity index (χ3n) is 4.06. The lowest BCUT2D eigenvalue weighted by molar-refractivity contribution is 0.404. The van der Waals surface area contributed by atoms with Gasteiger partial charge in [-0.25, -0.2) is 0 Å². The van der Waals surface area contributed by atoms with Crippen LogP contribution in [-0.2, 0) is 13.5 Å². The minimum atomic E-state index is 0.788. The second-order valence-corrected chi connectivity index (χ2v) is 6.48. The number of guanidine groups is 1. The SMILES string of the molecule is CN=C(NCCc1cnn(C)c1)N1CCC(CC(C)C)C1. The molecule has 0 amide bonds. The van der Waals surface area contributed by atoms with Gasteiger partial charge in [0.15, 0.2) is 5.96 Å². The summed E-state index contributed by atoms with van der Waals surface area (Å²) in [5.74, 6) is 2.66. The number of aromatic nitrogens is 2. The Morgan fingerprint density at radius 3 is 2.95 bits per heavy atom. The summed E-state index contributed by atoms with van der Waals surface area (Å²) in [4.78, 5) is 6.83. The highest BCUT2D eigenvalue weighted by Crippen LogP contribution is 2.23. The Balaban J connectivity index is 1.76. The van der Waals surface area contributed by atoms with E-state index in [1.54, 1.807) is 0 Å². The van der Waals surface area contributed by atoms with Gasteiger partial charge < -0.3 is 10.2 Å². The van der Waals surface area contributed by atoms with Crippen molar-refractivity contribution in [3.8, 4) is 0 Å². The van der Waals surface area contributed by atoms with Gasteiger partial charge in [-0.15, -0.1) is 0 Å². The zero-order valence-electron chi connectivity index (χ0n) is 13.8. The first-order valence-electron chi connectivity index (χ1n) is 8.01. The highest BCUT2D eigenvalue weighted by atomic mass is 15.3. The molecular formula is C16H29N5. The Labute approximate surface area is 128 Å². The molecule has 1 N–H and O–H groups in total. The van der Waals surface area contributed by atoms with Crippen LogP contribution in [0.25, 0.3) is 0 Å². The Kier molecular flexibility index (Phi) is 5.65. The molecule has 5 heteroatoms. The highest BCUT2D eigenvalue weighted by Gasteiger charge is 2.25. The van der Waals surface area contributed by atoms with Crippen molar-refractivity contribution in [3.63, 3.8) is 0 Å². The van der Waals surface area contributed by atoms with E-state index in [4.69, 9.17) is 0 Å². The molecule has 0 aliphatic carbocycles. The molecule has 1 aliphatic rings. The van der Waals surface area contributed by atoms with Crippen molar-refractivity contribution in [2.45, 2.75) is 33.1 Å². The maximum Gasteiger partial charge on any atom is 0.193 e. The largest absolute Gasteiger partial charge is 0.356 e. The summed E-state index contributed by atoms with van der Waals surface area (Å²) in [6, 6.07) is 0. The van der Waals surface area contributed by atoms with Crippen LogP contribution in [0.1, 0.15) is 32.3 Å². The van der Waals surface area contributed by atoms with Crippen molar-refractivity contribution in [1.29, 1.82) is 0 Å². The second kappa shape index (κ2) is 7.48. The molecule has 1 unspecified atom stereocenters. The summed E-state index contributed by atoms with van der Waals surface area (Å²) in [6.45, 7) is 7.80. The van der Waals surface area contributed by atoms with Gasteiger partial charge >= 0.3 is 0 Å². The normalized spacial score (nSPS) is 19.6. The van der Waals surface area contributed by atoms with E-state index < -0.39 is 0 Å². The van der Waals surface area contributed by atoms with E-state index in [1.807, 2.05) is 25.0 Å². The summed E-state index contributed by atoms with van der Waals surface area (Å²) in [6.07, 6.45) is 7.60. The summed E-state index contributed by atoms with van der Waals surface area (Å²) in [5, 5.41) is 7.68. The maximum atomic E-state index is 4.43. The van der Waals surface area contributed by atoms with E-state index in [2.05, 4.69) is 40.4 Å². The molecule has 5 nitrogen and oxygen atoms in total. The molecule has 0 bridgehead atoms. The first-order valence-corrected chi connectivity index (χ1v) is 8.01. The lowest BCUT2D eigenvalue weighted by Gasteiger charge is -2.22. The fourth-order valence-electron chi connectivity index (χ4n) is 3.14. The van der Waals surface area contributed by atoms with Gasteiger partial charge in [-0.1, -0.05) is 13.8 Å². The Morgan fingerprint density at radius 1 is 1.52 bits per heavy atom. The Morgan fingerprint density at radius 2 is 2.33 bits per heavy atom. The molecule has 2 heterocycles. The molecule has 1 saturated heterocycles. The van der Waals surface area contributed by atoms with E-state index in [9.17, 15) is 0 Å². The Hall–Kier alpha value is -1.52. The fourth-order valence-corrected chi connectivity index (χ4v) is 3.14. The Bertz CT molecular complexity index is 463. The number of likely N-dealkylation sites (tertiary alicyclic amines) is 1. The molecule has 0 radical (unpaired) electrons. The van der Waals surface area contributed by atoms with Crippen LogP contribution in [0.5, 0.6) is 0 Å². The van der Waals surface area contributed by atoms with Gasteiger partial charge in [-0.05, 0) is 36.7 Å². The third-order valence-corrected chi connectivity index (χ3v) is 4.06. The fraction of sp³-hybridized carbons (Fsp3) is 0.750. The molecule has 21 heavy (non-hydrogen) atoms. The van der Waals surface area contributed by atoms with Crippen LogP contribution in [0, 0.1) is 11.8 Å². The molecule has 1 atom stereocenters. The van der Waals surface area contributed by atoms with Gasteiger partial charge in [-0.2, -0.15) is 5.10 Å². The van der Waals surface area contributed by atoms with E-state index >= 15 is 0 Å². The molecule has 0 saturated carbocycles. The van der Waals surface area contributed by atoms with E-state index in [1.165, 1.54) is 18.4 Å². The van der Waals surface area contributed by atoms with E-state index in [-0.39, 0.29) is 0 Å². The number of hydrogen-bond acceptors (Lipinski definition) is 2. The predicted octanol–water partition coefficient (Wildman–Crippen LogP) is 1.91. The molecule has 118 valence electrons. The van der Waals surface area contributed by atoms with Crippen molar-refractivity contribution in [2.24, 2.45) is 23.9 Å². The third kappa shape index (κ3) is 4.76. The van der Waals surface area contributed by atoms with Gasteiger partial charge in [0.2, 0.25) is 0 Å². The quantitative estimate of drug-likeness (QED) is 0.666. The van der Waals surface area contributed by atoms with Crippen LogP contribution in [0.15, 0.2) is 17.4 Å². The standard InChI is InChI=1S/C16H29N5/c1-13(2)9-14-6-8-21(12-14)16(17-3)18-7-5-15-10-19-20(4)11-15/h10-11,13-14H,5-9,12H2,1-4H3,(H,17,18). The van der Waals surface area contributed by atoms with Crippen LogP contribution >= 0.6 is 0 Å². The molecule has 1 fully saturated rings. The average molecular weight is 291 g/mol. The number of aryl methyl sites for hydroxylation is 1. The number of nitrogens with one attached hydrogen (secondary N) is 1. The van der Waals surface area contributed by atoms with Crippen LogP contribution in [0.2, 0.25) is 0 Å². The summed E-state index contributed by atoms with van der Waals surface area (Å²) in [7, 11) is 3.83. The van der Waals surface area contributed by atoms with Crippen LogP contribution in [0.4, 0.5) is 0 Å². The van der Waals surface area contributed by atoms with Crippen LogP contribution < -0.4 is 5.32 Å². The average Bonchev–Trinajstić information content (AvgIpc) is 3.03. The molecule has 1 aliphatic heterocycles. The van der Waals surface area contributed by atoms with E-state index in [0.29, 0.717) is 0 Å². The monoisotopic (exact) mass is 291 g/mol. The predicted molar refractivity (Wildman–Crippen MR) is 87.4 cm³/mol. The van der Waals surface area contributed by atoms with Gasteiger partial charge in [0, 0.05) is 39.9 Å². The summed E-state index contributed by atoms with van der Waals surface area (Å²) in [5.41, 5.74) is 1.26. The first-order chi connectivity index (χ1) is 10.1. The van der Waals surface area contributed by atoms with Gasteiger partial charge in [-0.3, -0.25) is 9.67 Å². The van der Waals surface area contributed by atoms with Crippen molar-refractivity contribution in [3.05, 3.63) is 18.0 Å². The summed E-state index contributed by atoms with van der Waals surface area (Å²) < 4.78 is 1.85. The van der Waals surface area contributed by atoms with Crippen LogP contribution in [-0.4, -0.2) is 47.3 Å². The molecule has 1 aromatic rings.